The molecular formula is C12H17FN2O. The second-order valence-corrected chi connectivity index (χ2v) is 4.69. The summed E-state index contributed by atoms with van der Waals surface area (Å²) < 4.78 is 13.6. The maximum atomic E-state index is 13.6. The van der Waals surface area contributed by atoms with Gasteiger partial charge in [-0.05, 0) is 38.0 Å². The Morgan fingerprint density at radius 2 is 2.00 bits per heavy atom. The van der Waals surface area contributed by atoms with Gasteiger partial charge in [0.05, 0.1) is 11.3 Å². The highest BCUT2D eigenvalue weighted by molar-refractivity contribution is 5.54. The zero-order valence-electron chi connectivity index (χ0n) is 9.41. The van der Waals surface area contributed by atoms with E-state index in [1.165, 1.54) is 6.07 Å². The number of nitrogens with two attached hydrogens (primary N) is 1. The summed E-state index contributed by atoms with van der Waals surface area (Å²) in [7, 11) is 0. The van der Waals surface area contributed by atoms with Crippen LogP contribution in [0.1, 0.15) is 19.8 Å². The first kappa shape index (κ1) is 11.2. The predicted molar refractivity (Wildman–Crippen MR) is 62.9 cm³/mol. The van der Waals surface area contributed by atoms with Crippen LogP contribution in [0.4, 0.5) is 15.8 Å². The number of aliphatic hydroxyl groups is 1. The Morgan fingerprint density at radius 3 is 2.56 bits per heavy atom. The van der Waals surface area contributed by atoms with Gasteiger partial charge in [0, 0.05) is 18.8 Å². The number of hydrogen-bond donors (Lipinski definition) is 2. The highest BCUT2D eigenvalue weighted by Crippen LogP contribution is 2.28. The first-order chi connectivity index (χ1) is 7.48. The molecule has 3 nitrogen and oxygen atoms in total. The molecule has 4 heteroatoms. The molecule has 0 unspecified atom stereocenters. The SMILES string of the molecule is CC1(O)CCN(c2ccc(N)cc2F)CC1. The lowest BCUT2D eigenvalue weighted by Gasteiger charge is -2.37. The Kier molecular flexibility index (Phi) is 2.76. The average molecular weight is 224 g/mol. The Labute approximate surface area is 94.7 Å². The van der Waals surface area contributed by atoms with E-state index in [1.54, 1.807) is 12.1 Å². The Morgan fingerprint density at radius 1 is 1.38 bits per heavy atom. The fourth-order valence-electron chi connectivity index (χ4n) is 2.01. The largest absolute Gasteiger partial charge is 0.399 e. The Bertz CT molecular complexity index is 383. The molecular weight excluding hydrogens is 207 g/mol. The summed E-state index contributed by atoms with van der Waals surface area (Å²) in [5.74, 6) is -0.290. The molecule has 0 radical (unpaired) electrons. The summed E-state index contributed by atoms with van der Waals surface area (Å²) in [6, 6.07) is 4.73. The van der Waals surface area contributed by atoms with Crippen molar-refractivity contribution < 1.29 is 9.50 Å². The maximum absolute atomic E-state index is 13.6. The molecule has 0 spiro atoms. The number of piperidine rings is 1. The molecule has 1 fully saturated rings. The third-order valence-corrected chi connectivity index (χ3v) is 3.15. The summed E-state index contributed by atoms with van der Waals surface area (Å²) >= 11 is 0. The minimum absolute atomic E-state index is 0.290. The van der Waals surface area contributed by atoms with Crippen LogP contribution in [0.3, 0.4) is 0 Å². The quantitative estimate of drug-likeness (QED) is 0.715. The number of rotatable bonds is 1. The average Bonchev–Trinajstić information content (AvgIpc) is 2.19. The van der Waals surface area contributed by atoms with Crippen molar-refractivity contribution in [2.75, 3.05) is 23.7 Å². The molecule has 0 amide bonds. The topological polar surface area (TPSA) is 49.5 Å². The third kappa shape index (κ3) is 2.27. The maximum Gasteiger partial charge on any atom is 0.148 e. The highest BCUT2D eigenvalue weighted by Gasteiger charge is 2.28. The summed E-state index contributed by atoms with van der Waals surface area (Å²) in [4.78, 5) is 1.95. The van der Waals surface area contributed by atoms with Crippen LogP contribution in [-0.2, 0) is 0 Å². The van der Waals surface area contributed by atoms with Crippen molar-refractivity contribution in [2.45, 2.75) is 25.4 Å². The number of hydrogen-bond acceptors (Lipinski definition) is 3. The van der Waals surface area contributed by atoms with Crippen LogP contribution in [0.25, 0.3) is 0 Å². The van der Waals surface area contributed by atoms with Gasteiger partial charge in [-0.25, -0.2) is 4.39 Å². The molecule has 1 aliphatic rings. The molecule has 0 aromatic heterocycles. The van der Waals surface area contributed by atoms with E-state index in [2.05, 4.69) is 0 Å². The van der Waals surface area contributed by atoms with E-state index in [0.717, 1.165) is 0 Å². The van der Waals surface area contributed by atoms with Crippen molar-refractivity contribution in [2.24, 2.45) is 0 Å². The van der Waals surface area contributed by atoms with E-state index >= 15 is 0 Å². The van der Waals surface area contributed by atoms with Crippen molar-refractivity contribution in [3.63, 3.8) is 0 Å². The lowest BCUT2D eigenvalue weighted by Crippen LogP contribution is -2.42. The summed E-state index contributed by atoms with van der Waals surface area (Å²) in [5, 5.41) is 9.81. The van der Waals surface area contributed by atoms with Crippen molar-refractivity contribution in [3.8, 4) is 0 Å². The van der Waals surface area contributed by atoms with Crippen LogP contribution in [0, 0.1) is 5.82 Å². The van der Waals surface area contributed by atoms with Crippen molar-refractivity contribution in [1.82, 2.24) is 0 Å². The van der Waals surface area contributed by atoms with Gasteiger partial charge in [-0.15, -0.1) is 0 Å². The molecule has 1 saturated heterocycles. The van der Waals surface area contributed by atoms with Crippen molar-refractivity contribution in [1.29, 1.82) is 0 Å². The first-order valence-corrected chi connectivity index (χ1v) is 5.50. The molecule has 0 bridgehead atoms. The van der Waals surface area contributed by atoms with E-state index < -0.39 is 5.60 Å². The zero-order valence-corrected chi connectivity index (χ0v) is 9.41. The summed E-state index contributed by atoms with van der Waals surface area (Å²) in [5.41, 5.74) is 5.90. The van der Waals surface area contributed by atoms with Crippen LogP contribution in [0.5, 0.6) is 0 Å². The molecule has 1 aromatic carbocycles. The van der Waals surface area contributed by atoms with Crippen LogP contribution >= 0.6 is 0 Å². The number of nitrogens with zero attached hydrogens (tertiary/aromatic N) is 1. The second-order valence-electron chi connectivity index (χ2n) is 4.69. The number of benzene rings is 1. The van der Waals surface area contributed by atoms with E-state index in [9.17, 15) is 9.50 Å². The Hall–Kier alpha value is -1.29. The molecule has 1 aromatic rings. The lowest BCUT2D eigenvalue weighted by molar-refractivity contribution is 0.0350. The number of nitrogen functional groups attached to an aromatic ring is 1. The summed E-state index contributed by atoms with van der Waals surface area (Å²) in [6.45, 7) is 3.17. The molecule has 1 heterocycles. The van der Waals surface area contributed by atoms with Gasteiger partial charge in [0.25, 0.3) is 0 Å². The van der Waals surface area contributed by atoms with Gasteiger partial charge in [-0.3, -0.25) is 0 Å². The molecule has 16 heavy (non-hydrogen) atoms. The molecule has 0 aliphatic carbocycles. The monoisotopic (exact) mass is 224 g/mol. The van der Waals surface area contributed by atoms with Crippen LogP contribution in [0.15, 0.2) is 18.2 Å². The van der Waals surface area contributed by atoms with Gasteiger partial charge in [0.15, 0.2) is 0 Å². The van der Waals surface area contributed by atoms with Crippen LogP contribution < -0.4 is 10.6 Å². The molecule has 3 N–H and O–H groups in total. The van der Waals surface area contributed by atoms with Gasteiger partial charge in [0.1, 0.15) is 5.82 Å². The molecule has 2 rings (SSSR count). The van der Waals surface area contributed by atoms with Gasteiger partial charge in [-0.2, -0.15) is 0 Å². The van der Waals surface area contributed by atoms with Gasteiger partial charge < -0.3 is 15.7 Å². The summed E-state index contributed by atoms with van der Waals surface area (Å²) in [6.07, 6.45) is 1.33. The van der Waals surface area contributed by atoms with E-state index in [4.69, 9.17) is 5.73 Å². The number of halogens is 1. The van der Waals surface area contributed by atoms with Crippen LogP contribution in [0.2, 0.25) is 0 Å². The van der Waals surface area contributed by atoms with Crippen molar-refractivity contribution >= 4 is 11.4 Å². The second kappa shape index (κ2) is 3.94. The van der Waals surface area contributed by atoms with Crippen molar-refractivity contribution in [3.05, 3.63) is 24.0 Å². The zero-order chi connectivity index (χ0) is 11.8. The fraction of sp³-hybridized carbons (Fsp3) is 0.500. The van der Waals surface area contributed by atoms with Gasteiger partial charge in [-0.1, -0.05) is 0 Å². The van der Waals surface area contributed by atoms with E-state index in [0.29, 0.717) is 37.3 Å². The first-order valence-electron chi connectivity index (χ1n) is 5.50. The predicted octanol–water partition coefficient (Wildman–Crippen LogP) is 1.76. The van der Waals surface area contributed by atoms with Crippen LogP contribution in [-0.4, -0.2) is 23.8 Å². The molecule has 1 aliphatic heterocycles. The van der Waals surface area contributed by atoms with Gasteiger partial charge in [0.2, 0.25) is 0 Å². The standard InChI is InChI=1S/C12H17FN2O/c1-12(16)4-6-15(7-5-12)11-3-2-9(14)8-10(11)13/h2-3,8,16H,4-7,14H2,1H3. The fourth-order valence-corrected chi connectivity index (χ4v) is 2.01. The minimum Gasteiger partial charge on any atom is -0.399 e. The van der Waals surface area contributed by atoms with E-state index in [1.807, 2.05) is 11.8 Å². The lowest BCUT2D eigenvalue weighted by atomic mass is 9.93. The normalized spacial score (nSPS) is 19.8. The molecule has 0 saturated carbocycles. The molecule has 0 atom stereocenters. The van der Waals surface area contributed by atoms with Gasteiger partial charge >= 0.3 is 0 Å². The smallest absolute Gasteiger partial charge is 0.148 e. The highest BCUT2D eigenvalue weighted by atomic mass is 19.1. The number of anilines is 2. The third-order valence-electron chi connectivity index (χ3n) is 3.15. The van der Waals surface area contributed by atoms with E-state index in [-0.39, 0.29) is 5.82 Å². The molecule has 88 valence electrons. The Balaban J connectivity index is 2.14. The minimum atomic E-state index is -0.610.